The van der Waals surface area contributed by atoms with Crippen LogP contribution in [0.1, 0.15) is 19.8 Å². The summed E-state index contributed by atoms with van der Waals surface area (Å²) in [4.78, 5) is -0.0433. The first kappa shape index (κ1) is 14.2. The van der Waals surface area contributed by atoms with Crippen molar-refractivity contribution in [3.05, 3.63) is 24.0 Å². The number of halogens is 1. The van der Waals surface area contributed by atoms with Gasteiger partial charge in [0.15, 0.2) is 0 Å². The van der Waals surface area contributed by atoms with E-state index in [-0.39, 0.29) is 10.6 Å². The Morgan fingerprint density at radius 2 is 2.21 bits per heavy atom. The monoisotopic (exact) mass is 288 g/mol. The van der Waals surface area contributed by atoms with Crippen molar-refractivity contribution < 1.29 is 17.5 Å². The fraction of sp³-hybridized carbons (Fsp3) is 0.500. The smallest absolute Gasteiger partial charge is 0.241 e. The quantitative estimate of drug-likeness (QED) is 0.820. The SMILES string of the molecule is CC1(NS(=O)(=O)c2ccc(F)c(N)c2)CCCOC1. The molecule has 5 nitrogen and oxygen atoms in total. The number of sulfonamides is 1. The molecule has 1 atom stereocenters. The van der Waals surface area contributed by atoms with E-state index in [2.05, 4.69) is 4.72 Å². The van der Waals surface area contributed by atoms with E-state index in [0.29, 0.717) is 19.6 Å². The first-order valence-electron chi connectivity index (χ1n) is 5.99. The highest BCUT2D eigenvalue weighted by atomic mass is 32.2. The number of nitrogens with two attached hydrogens (primary N) is 1. The van der Waals surface area contributed by atoms with Crippen LogP contribution in [0.25, 0.3) is 0 Å². The molecule has 0 saturated carbocycles. The van der Waals surface area contributed by atoms with Gasteiger partial charge in [-0.15, -0.1) is 0 Å². The lowest BCUT2D eigenvalue weighted by atomic mass is 9.97. The zero-order valence-electron chi connectivity index (χ0n) is 10.6. The second-order valence-corrected chi connectivity index (χ2v) is 6.69. The predicted molar refractivity (Wildman–Crippen MR) is 69.6 cm³/mol. The highest BCUT2D eigenvalue weighted by Gasteiger charge is 2.33. The van der Waals surface area contributed by atoms with Gasteiger partial charge in [0.1, 0.15) is 5.82 Å². The molecule has 106 valence electrons. The Hall–Kier alpha value is -1.18. The molecule has 7 heteroatoms. The van der Waals surface area contributed by atoms with Crippen molar-refractivity contribution in [2.75, 3.05) is 18.9 Å². The third-order valence-electron chi connectivity index (χ3n) is 3.10. The number of ether oxygens (including phenoxy) is 1. The maximum Gasteiger partial charge on any atom is 0.241 e. The molecule has 19 heavy (non-hydrogen) atoms. The lowest BCUT2D eigenvalue weighted by Crippen LogP contribution is -2.51. The van der Waals surface area contributed by atoms with Gasteiger partial charge in [-0.05, 0) is 38.0 Å². The van der Waals surface area contributed by atoms with Gasteiger partial charge in [0.25, 0.3) is 0 Å². The van der Waals surface area contributed by atoms with E-state index in [9.17, 15) is 12.8 Å². The molecule has 1 unspecified atom stereocenters. The molecule has 1 aliphatic rings. The Morgan fingerprint density at radius 1 is 1.47 bits per heavy atom. The molecule has 1 fully saturated rings. The summed E-state index contributed by atoms with van der Waals surface area (Å²) < 4.78 is 45.4. The average Bonchev–Trinajstić information content (AvgIpc) is 2.32. The van der Waals surface area contributed by atoms with Gasteiger partial charge in [-0.2, -0.15) is 0 Å². The van der Waals surface area contributed by atoms with Gasteiger partial charge in [-0.1, -0.05) is 0 Å². The summed E-state index contributed by atoms with van der Waals surface area (Å²) in [6.07, 6.45) is 1.49. The molecular weight excluding hydrogens is 271 g/mol. The molecule has 3 N–H and O–H groups in total. The third kappa shape index (κ3) is 3.23. The van der Waals surface area contributed by atoms with Crippen molar-refractivity contribution in [2.45, 2.75) is 30.2 Å². The van der Waals surface area contributed by atoms with Crippen LogP contribution in [0, 0.1) is 5.82 Å². The average molecular weight is 288 g/mol. The van der Waals surface area contributed by atoms with Crippen LogP contribution in [0.3, 0.4) is 0 Å². The van der Waals surface area contributed by atoms with Crippen LogP contribution in [0.15, 0.2) is 23.1 Å². The molecule has 0 aromatic heterocycles. The van der Waals surface area contributed by atoms with Crippen molar-refractivity contribution in [1.29, 1.82) is 0 Å². The Balaban J connectivity index is 2.24. The summed E-state index contributed by atoms with van der Waals surface area (Å²) >= 11 is 0. The number of rotatable bonds is 3. The zero-order chi connectivity index (χ0) is 14.1. The molecular formula is C12H17FN2O3S. The molecule has 0 aliphatic carbocycles. The second kappa shape index (κ2) is 5.07. The van der Waals surface area contributed by atoms with Crippen LogP contribution in [-0.4, -0.2) is 27.2 Å². The van der Waals surface area contributed by atoms with Crippen molar-refractivity contribution in [3.63, 3.8) is 0 Å². The van der Waals surface area contributed by atoms with Crippen LogP contribution < -0.4 is 10.5 Å². The summed E-state index contributed by atoms with van der Waals surface area (Å²) in [5, 5.41) is 0. The topological polar surface area (TPSA) is 81.4 Å². The van der Waals surface area contributed by atoms with E-state index in [4.69, 9.17) is 10.5 Å². The van der Waals surface area contributed by atoms with E-state index >= 15 is 0 Å². The molecule has 1 aliphatic heterocycles. The Labute approximate surface area is 112 Å². The van der Waals surface area contributed by atoms with Gasteiger partial charge in [0, 0.05) is 6.61 Å². The van der Waals surface area contributed by atoms with Crippen molar-refractivity contribution in [1.82, 2.24) is 4.72 Å². The van der Waals surface area contributed by atoms with E-state index < -0.39 is 21.4 Å². The van der Waals surface area contributed by atoms with Crippen molar-refractivity contribution >= 4 is 15.7 Å². The minimum atomic E-state index is -3.73. The number of nitrogens with one attached hydrogen (secondary N) is 1. The molecule has 0 amide bonds. The molecule has 1 saturated heterocycles. The highest BCUT2D eigenvalue weighted by molar-refractivity contribution is 7.89. The number of benzene rings is 1. The summed E-state index contributed by atoms with van der Waals surface area (Å²) in [7, 11) is -3.73. The Bertz CT molecular complexity index is 568. The summed E-state index contributed by atoms with van der Waals surface area (Å²) in [5.74, 6) is -0.633. The first-order valence-corrected chi connectivity index (χ1v) is 7.47. The predicted octanol–water partition coefficient (Wildman–Crippen LogP) is 1.26. The highest BCUT2D eigenvalue weighted by Crippen LogP contribution is 2.23. The third-order valence-corrected chi connectivity index (χ3v) is 4.73. The van der Waals surface area contributed by atoms with E-state index in [0.717, 1.165) is 18.6 Å². The normalized spacial score (nSPS) is 24.3. The van der Waals surface area contributed by atoms with E-state index in [1.165, 1.54) is 6.07 Å². The molecule has 1 aromatic carbocycles. The molecule has 1 heterocycles. The van der Waals surface area contributed by atoms with Gasteiger partial charge in [0.2, 0.25) is 10.0 Å². The van der Waals surface area contributed by atoms with Gasteiger partial charge in [-0.25, -0.2) is 17.5 Å². The number of hydrogen-bond donors (Lipinski definition) is 2. The van der Waals surface area contributed by atoms with Crippen LogP contribution in [0.4, 0.5) is 10.1 Å². The first-order chi connectivity index (χ1) is 8.82. The fourth-order valence-electron chi connectivity index (χ4n) is 2.09. The zero-order valence-corrected chi connectivity index (χ0v) is 11.5. The molecule has 0 radical (unpaired) electrons. The standard InChI is InChI=1S/C12H17FN2O3S/c1-12(5-2-6-18-8-12)15-19(16,17)9-3-4-10(13)11(14)7-9/h3-4,7,15H,2,5-6,8,14H2,1H3. The maximum absolute atomic E-state index is 13.1. The number of anilines is 1. The minimum Gasteiger partial charge on any atom is -0.396 e. The summed E-state index contributed by atoms with van der Waals surface area (Å²) in [5.41, 5.74) is 4.57. The summed E-state index contributed by atoms with van der Waals surface area (Å²) in [6.45, 7) is 2.75. The van der Waals surface area contributed by atoms with Gasteiger partial charge >= 0.3 is 0 Å². The fourth-order valence-corrected chi connectivity index (χ4v) is 3.54. The van der Waals surface area contributed by atoms with Crippen molar-refractivity contribution in [2.24, 2.45) is 0 Å². The number of nitrogen functional groups attached to an aromatic ring is 1. The summed E-state index contributed by atoms with van der Waals surface area (Å²) in [6, 6.07) is 3.36. The lowest BCUT2D eigenvalue weighted by Gasteiger charge is -2.33. The second-order valence-electron chi connectivity index (χ2n) is 5.01. The van der Waals surface area contributed by atoms with E-state index in [1.54, 1.807) is 6.92 Å². The molecule has 2 rings (SSSR count). The van der Waals surface area contributed by atoms with Gasteiger partial charge in [-0.3, -0.25) is 0 Å². The van der Waals surface area contributed by atoms with Crippen LogP contribution in [-0.2, 0) is 14.8 Å². The van der Waals surface area contributed by atoms with Crippen LogP contribution >= 0.6 is 0 Å². The van der Waals surface area contributed by atoms with Gasteiger partial charge < -0.3 is 10.5 Å². The number of hydrogen-bond acceptors (Lipinski definition) is 4. The molecule has 0 spiro atoms. The van der Waals surface area contributed by atoms with Crippen molar-refractivity contribution in [3.8, 4) is 0 Å². The maximum atomic E-state index is 13.1. The van der Waals surface area contributed by atoms with Crippen LogP contribution in [0.5, 0.6) is 0 Å². The molecule has 0 bridgehead atoms. The Morgan fingerprint density at radius 3 is 2.79 bits per heavy atom. The minimum absolute atomic E-state index is 0.0433. The van der Waals surface area contributed by atoms with E-state index in [1.807, 2.05) is 0 Å². The largest absolute Gasteiger partial charge is 0.396 e. The molecule has 1 aromatic rings. The lowest BCUT2D eigenvalue weighted by molar-refractivity contribution is 0.0386. The Kier molecular flexibility index (Phi) is 3.80. The van der Waals surface area contributed by atoms with Gasteiger partial charge in [0.05, 0.1) is 22.7 Å². The van der Waals surface area contributed by atoms with Crippen LogP contribution in [0.2, 0.25) is 0 Å².